The standard InChI is InChI=1S/C12H17N3O3/c1-15-6-2-3-9(10(15)17)14-11(18)13-7-12(8-16)4-5-12/h2-3,6,16H,4-5,7-8H2,1H3,(H2,13,14,18). The Morgan fingerprint density at radius 3 is 2.89 bits per heavy atom. The van der Waals surface area contributed by atoms with Crippen molar-refractivity contribution >= 4 is 11.7 Å². The Hall–Kier alpha value is -1.82. The number of carbonyl (C=O) groups excluding carboxylic acids is 1. The second-order valence-corrected chi connectivity index (χ2v) is 4.80. The number of aromatic nitrogens is 1. The van der Waals surface area contributed by atoms with Gasteiger partial charge in [0.05, 0.1) is 6.61 Å². The Labute approximate surface area is 105 Å². The quantitative estimate of drug-likeness (QED) is 0.718. The molecule has 1 heterocycles. The minimum atomic E-state index is -0.418. The van der Waals surface area contributed by atoms with Crippen LogP contribution >= 0.6 is 0 Å². The van der Waals surface area contributed by atoms with E-state index in [2.05, 4.69) is 10.6 Å². The van der Waals surface area contributed by atoms with Gasteiger partial charge in [-0.3, -0.25) is 4.79 Å². The van der Waals surface area contributed by atoms with Crippen molar-refractivity contribution in [3.63, 3.8) is 0 Å². The van der Waals surface area contributed by atoms with E-state index in [1.54, 1.807) is 25.4 Å². The third-order valence-corrected chi connectivity index (χ3v) is 3.29. The van der Waals surface area contributed by atoms with E-state index in [0.717, 1.165) is 12.8 Å². The van der Waals surface area contributed by atoms with Gasteiger partial charge in [0.25, 0.3) is 5.56 Å². The highest BCUT2D eigenvalue weighted by atomic mass is 16.3. The predicted octanol–water partition coefficient (Wildman–Crippen LogP) is 0.279. The maximum absolute atomic E-state index is 11.7. The first-order valence-electron chi connectivity index (χ1n) is 5.88. The molecule has 1 aliphatic rings. The number of aliphatic hydroxyl groups is 1. The predicted molar refractivity (Wildman–Crippen MR) is 67.5 cm³/mol. The molecule has 1 saturated carbocycles. The topological polar surface area (TPSA) is 83.4 Å². The summed E-state index contributed by atoms with van der Waals surface area (Å²) in [6.45, 7) is 0.517. The SMILES string of the molecule is Cn1cccc(NC(=O)NCC2(CO)CC2)c1=O. The molecule has 0 unspecified atom stereocenters. The van der Waals surface area contributed by atoms with Gasteiger partial charge in [-0.2, -0.15) is 0 Å². The molecular weight excluding hydrogens is 234 g/mol. The molecule has 1 aliphatic carbocycles. The summed E-state index contributed by atoms with van der Waals surface area (Å²) in [7, 11) is 1.62. The van der Waals surface area contributed by atoms with Gasteiger partial charge in [-0.15, -0.1) is 0 Å². The smallest absolute Gasteiger partial charge is 0.319 e. The van der Waals surface area contributed by atoms with Crippen molar-refractivity contribution in [2.24, 2.45) is 12.5 Å². The van der Waals surface area contributed by atoms with E-state index < -0.39 is 6.03 Å². The van der Waals surface area contributed by atoms with Crippen molar-refractivity contribution in [1.82, 2.24) is 9.88 Å². The first-order chi connectivity index (χ1) is 8.56. The Morgan fingerprint density at radius 2 is 2.28 bits per heavy atom. The van der Waals surface area contributed by atoms with E-state index >= 15 is 0 Å². The van der Waals surface area contributed by atoms with E-state index in [1.165, 1.54) is 4.57 Å². The van der Waals surface area contributed by atoms with Crippen LogP contribution in [0.15, 0.2) is 23.1 Å². The minimum Gasteiger partial charge on any atom is -0.396 e. The average Bonchev–Trinajstić information content (AvgIpc) is 3.13. The van der Waals surface area contributed by atoms with Gasteiger partial charge in [0.2, 0.25) is 0 Å². The number of aliphatic hydroxyl groups excluding tert-OH is 1. The summed E-state index contributed by atoms with van der Waals surface area (Å²) in [6, 6.07) is 2.83. The van der Waals surface area contributed by atoms with Crippen LogP contribution in [0.2, 0.25) is 0 Å². The van der Waals surface area contributed by atoms with Gasteiger partial charge in [0.1, 0.15) is 5.69 Å². The Balaban J connectivity index is 1.91. The lowest BCUT2D eigenvalue weighted by molar-refractivity contribution is 0.206. The molecule has 18 heavy (non-hydrogen) atoms. The molecule has 98 valence electrons. The molecule has 2 rings (SSSR count). The number of urea groups is 1. The fourth-order valence-electron chi connectivity index (χ4n) is 1.69. The molecule has 6 heteroatoms. The fraction of sp³-hybridized carbons (Fsp3) is 0.500. The largest absolute Gasteiger partial charge is 0.396 e. The number of nitrogens with zero attached hydrogens (tertiary/aromatic N) is 1. The highest BCUT2D eigenvalue weighted by Crippen LogP contribution is 2.44. The van der Waals surface area contributed by atoms with Crippen LogP contribution in [0.1, 0.15) is 12.8 Å². The summed E-state index contributed by atoms with van der Waals surface area (Å²) in [5.41, 5.74) is -0.152. The number of hydrogen-bond acceptors (Lipinski definition) is 3. The summed E-state index contributed by atoms with van der Waals surface area (Å²) < 4.78 is 1.39. The van der Waals surface area contributed by atoms with Gasteiger partial charge in [0.15, 0.2) is 0 Å². The molecule has 2 amide bonds. The molecule has 0 bridgehead atoms. The van der Waals surface area contributed by atoms with E-state index in [4.69, 9.17) is 5.11 Å². The Bertz CT molecular complexity index is 506. The molecule has 0 radical (unpaired) electrons. The third kappa shape index (κ3) is 2.70. The van der Waals surface area contributed by atoms with Gasteiger partial charge in [-0.25, -0.2) is 4.79 Å². The van der Waals surface area contributed by atoms with Gasteiger partial charge >= 0.3 is 6.03 Å². The minimum absolute atomic E-state index is 0.0837. The van der Waals surface area contributed by atoms with Crippen molar-refractivity contribution in [3.8, 4) is 0 Å². The highest BCUT2D eigenvalue weighted by Gasteiger charge is 2.42. The van der Waals surface area contributed by atoms with Crippen molar-refractivity contribution in [1.29, 1.82) is 0 Å². The fourth-order valence-corrected chi connectivity index (χ4v) is 1.69. The summed E-state index contributed by atoms with van der Waals surface area (Å²) in [6.07, 6.45) is 3.48. The molecule has 0 saturated heterocycles. The number of amides is 2. The van der Waals surface area contributed by atoms with Crippen molar-refractivity contribution in [3.05, 3.63) is 28.7 Å². The Morgan fingerprint density at radius 1 is 1.56 bits per heavy atom. The van der Waals surface area contributed by atoms with Crippen LogP contribution in [-0.4, -0.2) is 28.9 Å². The number of carbonyl (C=O) groups is 1. The number of nitrogens with one attached hydrogen (secondary N) is 2. The normalized spacial score (nSPS) is 16.1. The summed E-state index contributed by atoms with van der Waals surface area (Å²) >= 11 is 0. The number of rotatable bonds is 4. The molecule has 0 aromatic carbocycles. The zero-order chi connectivity index (χ0) is 13.2. The zero-order valence-corrected chi connectivity index (χ0v) is 10.3. The molecular formula is C12H17N3O3. The van der Waals surface area contributed by atoms with Gasteiger partial charge in [-0.1, -0.05) is 0 Å². The second kappa shape index (κ2) is 4.81. The monoisotopic (exact) mass is 251 g/mol. The average molecular weight is 251 g/mol. The third-order valence-electron chi connectivity index (χ3n) is 3.29. The van der Waals surface area contributed by atoms with E-state index in [-0.39, 0.29) is 23.3 Å². The number of anilines is 1. The maximum atomic E-state index is 11.7. The van der Waals surface area contributed by atoms with Crippen LogP contribution in [0, 0.1) is 5.41 Å². The van der Waals surface area contributed by atoms with Crippen LogP contribution in [0.25, 0.3) is 0 Å². The second-order valence-electron chi connectivity index (χ2n) is 4.80. The molecule has 1 aromatic rings. The Kier molecular flexibility index (Phi) is 3.38. The lowest BCUT2D eigenvalue weighted by Crippen LogP contribution is -2.36. The van der Waals surface area contributed by atoms with Crippen molar-refractivity contribution in [2.45, 2.75) is 12.8 Å². The zero-order valence-electron chi connectivity index (χ0n) is 10.3. The molecule has 1 aromatic heterocycles. The van der Waals surface area contributed by atoms with Crippen LogP contribution in [0.5, 0.6) is 0 Å². The van der Waals surface area contributed by atoms with Crippen molar-refractivity contribution < 1.29 is 9.90 Å². The number of hydrogen-bond donors (Lipinski definition) is 3. The van der Waals surface area contributed by atoms with E-state index in [0.29, 0.717) is 6.54 Å². The van der Waals surface area contributed by atoms with Gasteiger partial charge in [-0.05, 0) is 25.0 Å². The van der Waals surface area contributed by atoms with E-state index in [9.17, 15) is 9.59 Å². The molecule has 3 N–H and O–H groups in total. The lowest BCUT2D eigenvalue weighted by atomic mass is 10.1. The highest BCUT2D eigenvalue weighted by molar-refractivity contribution is 5.88. The number of aryl methyl sites for hydroxylation is 1. The van der Waals surface area contributed by atoms with Crippen molar-refractivity contribution in [2.75, 3.05) is 18.5 Å². The summed E-state index contributed by atoms with van der Waals surface area (Å²) in [4.78, 5) is 23.3. The van der Waals surface area contributed by atoms with Gasteiger partial charge in [0, 0.05) is 25.2 Å². The number of pyridine rings is 1. The molecule has 6 nitrogen and oxygen atoms in total. The molecule has 0 atom stereocenters. The molecule has 1 fully saturated rings. The van der Waals surface area contributed by atoms with Crippen LogP contribution < -0.4 is 16.2 Å². The first kappa shape index (κ1) is 12.6. The molecule has 0 spiro atoms. The van der Waals surface area contributed by atoms with E-state index in [1.807, 2.05) is 0 Å². The maximum Gasteiger partial charge on any atom is 0.319 e. The summed E-state index contributed by atoms with van der Waals surface area (Å²) in [5, 5.41) is 14.3. The van der Waals surface area contributed by atoms with Crippen LogP contribution in [0.4, 0.5) is 10.5 Å². The first-order valence-corrected chi connectivity index (χ1v) is 5.88. The van der Waals surface area contributed by atoms with Crippen LogP contribution in [0.3, 0.4) is 0 Å². The molecule has 0 aliphatic heterocycles. The lowest BCUT2D eigenvalue weighted by Gasteiger charge is -2.13. The summed E-state index contributed by atoms with van der Waals surface area (Å²) in [5.74, 6) is 0. The van der Waals surface area contributed by atoms with Crippen LogP contribution in [-0.2, 0) is 7.05 Å². The van der Waals surface area contributed by atoms with Gasteiger partial charge < -0.3 is 20.3 Å².